The molecule has 0 saturated heterocycles. The van der Waals surface area contributed by atoms with E-state index in [-0.39, 0.29) is 29.0 Å². The molecule has 0 aromatic heterocycles. The lowest BCUT2D eigenvalue weighted by Gasteiger charge is -2.29. The summed E-state index contributed by atoms with van der Waals surface area (Å²) in [4.78, 5) is 26.9. The van der Waals surface area contributed by atoms with E-state index in [1.165, 1.54) is 0 Å². The van der Waals surface area contributed by atoms with Gasteiger partial charge >= 0.3 is 5.97 Å². The maximum atomic E-state index is 13.7. The molecule has 4 aromatic carbocycles. The normalized spacial score (nSPS) is 16.1. The number of halogens is 2. The lowest BCUT2D eigenvalue weighted by Crippen LogP contribution is -2.29. The molecule has 0 amide bonds. The summed E-state index contributed by atoms with van der Waals surface area (Å²) in [7, 11) is 0. The Kier molecular flexibility index (Phi) is 6.87. The van der Waals surface area contributed by atoms with Gasteiger partial charge in [0.05, 0.1) is 27.9 Å². The van der Waals surface area contributed by atoms with E-state index < -0.39 is 11.9 Å². The molecule has 0 unspecified atom stereocenters. The fourth-order valence-corrected chi connectivity index (χ4v) is 6.12. The molecule has 1 aliphatic heterocycles. The Morgan fingerprint density at radius 2 is 1.57 bits per heavy atom. The van der Waals surface area contributed by atoms with E-state index in [0.29, 0.717) is 39.4 Å². The average Bonchev–Trinajstić information content (AvgIpc) is 3.23. The molecule has 0 radical (unpaired) electrons. The maximum absolute atomic E-state index is 13.7. The van der Waals surface area contributed by atoms with Crippen LogP contribution in [0.15, 0.2) is 95.7 Å². The summed E-state index contributed by atoms with van der Waals surface area (Å²) >= 11 is 13.5. The van der Waals surface area contributed by atoms with Crippen molar-refractivity contribution in [3.63, 3.8) is 0 Å². The number of nitrogens with one attached hydrogen (secondary N) is 1. The molecule has 1 N–H and O–H groups in total. The van der Waals surface area contributed by atoms with Gasteiger partial charge in [0.2, 0.25) is 0 Å². The highest BCUT2D eigenvalue weighted by atomic mass is 35.5. The zero-order valence-electron chi connectivity index (χ0n) is 21.9. The van der Waals surface area contributed by atoms with Crippen LogP contribution in [-0.2, 0) is 16.1 Å². The van der Waals surface area contributed by atoms with E-state index in [9.17, 15) is 9.59 Å². The minimum Gasteiger partial charge on any atom is -0.486 e. The number of fused-ring (bicyclic) bond motifs is 3. The number of carbonyl (C=O) groups excluding carboxylic acids is 2. The van der Waals surface area contributed by atoms with E-state index in [2.05, 4.69) is 23.5 Å². The van der Waals surface area contributed by atoms with Gasteiger partial charge in [0.1, 0.15) is 6.61 Å². The van der Waals surface area contributed by atoms with Crippen molar-refractivity contribution in [3.05, 3.63) is 128 Å². The molecule has 200 valence electrons. The molecule has 0 saturated carbocycles. The Morgan fingerprint density at radius 3 is 2.30 bits per heavy atom. The molecule has 7 heteroatoms. The summed E-state index contributed by atoms with van der Waals surface area (Å²) in [5.41, 5.74) is 5.05. The molecule has 1 heterocycles. The highest BCUT2D eigenvalue weighted by Crippen LogP contribution is 2.48. The van der Waals surface area contributed by atoms with Gasteiger partial charge < -0.3 is 14.8 Å². The van der Waals surface area contributed by atoms with Gasteiger partial charge in [-0.25, -0.2) is 4.79 Å². The molecule has 6 rings (SSSR count). The van der Waals surface area contributed by atoms with Gasteiger partial charge in [-0.05, 0) is 53.9 Å². The van der Waals surface area contributed by atoms with Gasteiger partial charge in [-0.1, -0.05) is 83.9 Å². The van der Waals surface area contributed by atoms with E-state index >= 15 is 0 Å². The fraction of sp³-hybridized carbons (Fsp3) is 0.152. The number of ether oxygens (including phenoxy) is 2. The van der Waals surface area contributed by atoms with Crippen molar-refractivity contribution in [1.82, 2.24) is 5.32 Å². The van der Waals surface area contributed by atoms with E-state index in [4.69, 9.17) is 32.7 Å². The quantitative estimate of drug-likeness (QED) is 0.239. The first kappa shape index (κ1) is 26.2. The van der Waals surface area contributed by atoms with Crippen LogP contribution in [0.1, 0.15) is 46.8 Å². The van der Waals surface area contributed by atoms with Gasteiger partial charge in [0.15, 0.2) is 11.5 Å². The number of hydrogen-bond donors (Lipinski definition) is 1. The van der Waals surface area contributed by atoms with Gasteiger partial charge in [0, 0.05) is 28.3 Å². The van der Waals surface area contributed by atoms with Gasteiger partial charge in [-0.2, -0.15) is 0 Å². The van der Waals surface area contributed by atoms with Crippen LogP contribution in [0, 0.1) is 0 Å². The van der Waals surface area contributed by atoms with Crippen LogP contribution in [0.5, 0.6) is 5.75 Å². The highest BCUT2D eigenvalue weighted by Gasteiger charge is 2.43. The summed E-state index contributed by atoms with van der Waals surface area (Å²) < 4.78 is 11.5. The Labute approximate surface area is 242 Å². The minimum absolute atomic E-state index is 0.152. The van der Waals surface area contributed by atoms with Gasteiger partial charge in [-0.15, -0.1) is 0 Å². The molecule has 0 fully saturated rings. The first-order valence-electron chi connectivity index (χ1n) is 13.0. The van der Waals surface area contributed by atoms with Crippen LogP contribution in [0.3, 0.4) is 0 Å². The number of rotatable bonds is 6. The first-order valence-corrected chi connectivity index (χ1v) is 13.8. The van der Waals surface area contributed by atoms with Crippen LogP contribution < -0.4 is 10.1 Å². The maximum Gasteiger partial charge on any atom is 0.336 e. The predicted octanol–water partition coefficient (Wildman–Crippen LogP) is 7.86. The van der Waals surface area contributed by atoms with Crippen molar-refractivity contribution >= 4 is 51.4 Å². The number of hydrogen-bond acceptors (Lipinski definition) is 5. The van der Waals surface area contributed by atoms with Gasteiger partial charge in [0.25, 0.3) is 0 Å². The zero-order valence-corrected chi connectivity index (χ0v) is 23.4. The van der Waals surface area contributed by atoms with E-state index in [1.54, 1.807) is 32.0 Å². The molecular formula is C33H25Cl2NO4. The third-order valence-corrected chi connectivity index (χ3v) is 7.86. The zero-order chi connectivity index (χ0) is 28.0. The molecule has 1 atom stereocenters. The van der Waals surface area contributed by atoms with Crippen molar-refractivity contribution < 1.29 is 19.1 Å². The summed E-state index contributed by atoms with van der Waals surface area (Å²) in [6, 6.07) is 25.0. The smallest absolute Gasteiger partial charge is 0.336 e. The molecule has 0 bridgehead atoms. The van der Waals surface area contributed by atoms with E-state index in [1.807, 2.05) is 42.5 Å². The molecule has 1 aliphatic carbocycles. The van der Waals surface area contributed by atoms with Crippen molar-refractivity contribution in [1.29, 1.82) is 0 Å². The second-order valence-corrected chi connectivity index (χ2v) is 10.6. The monoisotopic (exact) mass is 569 g/mol. The van der Waals surface area contributed by atoms with Crippen LogP contribution in [0.2, 0.25) is 10.0 Å². The number of carbonyl (C=O) groups is 2. The highest BCUT2D eigenvalue weighted by molar-refractivity contribution is 6.37. The number of dihydropyridines is 1. The number of Topliss-reactive ketones (excluding diaryl/α,β-unsaturated/α-hetero) is 1. The first-order chi connectivity index (χ1) is 19.4. The van der Waals surface area contributed by atoms with E-state index in [0.717, 1.165) is 21.9 Å². The summed E-state index contributed by atoms with van der Waals surface area (Å²) in [6.45, 7) is 4.02. The summed E-state index contributed by atoms with van der Waals surface area (Å²) in [6.07, 6.45) is 0. The average molecular weight is 570 g/mol. The standard InChI is InChI=1S/C33H25Cl2NO4/c1-3-39-33(38)27-18(2)36-30-23-10-6-7-11-24(23)31(37)29(30)28(27)22-15-25(34)32(26(35)16-22)40-17-19-12-13-20-8-4-5-9-21(20)14-19/h4-16,28,36H,3,17H2,1-2H3/t28-/m1/s1. The topological polar surface area (TPSA) is 64.6 Å². The van der Waals surface area contributed by atoms with Crippen molar-refractivity contribution in [3.8, 4) is 5.75 Å². The Bertz CT molecular complexity index is 1750. The number of esters is 1. The minimum atomic E-state index is -0.722. The summed E-state index contributed by atoms with van der Waals surface area (Å²) in [5, 5.41) is 6.12. The van der Waals surface area contributed by atoms with Crippen molar-refractivity contribution in [2.75, 3.05) is 6.61 Å². The third kappa shape index (κ3) is 4.45. The van der Waals surface area contributed by atoms with Gasteiger partial charge in [-0.3, -0.25) is 4.79 Å². The molecule has 0 spiro atoms. The SMILES string of the molecule is CCOC(=O)C1=C(C)NC2=C(C(=O)c3ccccc32)[C@@H]1c1cc(Cl)c(OCc2ccc3ccccc3c2)c(Cl)c1. The number of allylic oxidation sites excluding steroid dienone is 2. The number of benzene rings is 4. The Hall–Kier alpha value is -4.06. The molecule has 2 aliphatic rings. The third-order valence-electron chi connectivity index (χ3n) is 7.30. The molecule has 40 heavy (non-hydrogen) atoms. The lowest BCUT2D eigenvalue weighted by molar-refractivity contribution is -0.138. The molecule has 5 nitrogen and oxygen atoms in total. The van der Waals surface area contributed by atoms with Crippen molar-refractivity contribution in [2.24, 2.45) is 0 Å². The predicted molar refractivity (Wildman–Crippen MR) is 158 cm³/mol. The Balaban J connectivity index is 1.38. The van der Waals surface area contributed by atoms with Crippen LogP contribution in [-0.4, -0.2) is 18.4 Å². The molecule has 4 aromatic rings. The Morgan fingerprint density at radius 1 is 0.900 bits per heavy atom. The second kappa shape index (κ2) is 10.5. The fourth-order valence-electron chi connectivity index (χ4n) is 5.51. The van der Waals surface area contributed by atoms with Crippen LogP contribution in [0.25, 0.3) is 16.5 Å². The second-order valence-electron chi connectivity index (χ2n) is 9.76. The molecular weight excluding hydrogens is 545 g/mol. The summed E-state index contributed by atoms with van der Waals surface area (Å²) in [5.74, 6) is -1.04. The van der Waals surface area contributed by atoms with Crippen molar-refractivity contribution in [2.45, 2.75) is 26.4 Å². The van der Waals surface area contributed by atoms with Crippen LogP contribution >= 0.6 is 23.2 Å². The number of ketones is 1. The largest absolute Gasteiger partial charge is 0.486 e. The van der Waals surface area contributed by atoms with Crippen LogP contribution in [0.4, 0.5) is 0 Å². The lowest BCUT2D eigenvalue weighted by atomic mass is 9.80.